The summed E-state index contributed by atoms with van der Waals surface area (Å²) in [5.74, 6) is -4.33. The fraction of sp³-hybridized carbons (Fsp3) is 0.333. The van der Waals surface area contributed by atoms with Gasteiger partial charge in [0, 0.05) is 37.8 Å². The van der Waals surface area contributed by atoms with E-state index in [4.69, 9.17) is 25.5 Å². The van der Waals surface area contributed by atoms with Crippen molar-refractivity contribution in [2.45, 2.75) is 139 Å². The number of nitrogens with zero attached hydrogens (tertiary/aromatic N) is 1. The zero-order valence-electron chi connectivity index (χ0n) is 45.6. The molecule has 0 radical (unpaired) electrons. The molecule has 2 heterocycles. The number of carbonyl (C=O) groups excluding carboxylic acids is 1. The predicted molar refractivity (Wildman–Crippen MR) is 304 cm³/mol. The van der Waals surface area contributed by atoms with Crippen molar-refractivity contribution in [2.75, 3.05) is 0 Å². The molecule has 2 fully saturated rings. The van der Waals surface area contributed by atoms with Gasteiger partial charge in [0.15, 0.2) is 11.6 Å². The van der Waals surface area contributed by atoms with E-state index in [0.717, 1.165) is 35.1 Å². The second-order valence-corrected chi connectivity index (χ2v) is 21.3. The first-order valence-electron chi connectivity index (χ1n) is 27.2. The maximum Gasteiger partial charge on any atom is 0.471 e. The molecule has 9 rings (SSSR count). The van der Waals surface area contributed by atoms with Gasteiger partial charge in [0.1, 0.15) is 30.2 Å². The van der Waals surface area contributed by atoms with E-state index >= 15 is 0 Å². The van der Waals surface area contributed by atoms with Crippen LogP contribution in [0.15, 0.2) is 200 Å². The average molecular weight is 1090 g/mol. The molecule has 4 unspecified atom stereocenters. The molecular formula is C66H71F4N5O5. The zero-order chi connectivity index (χ0) is 56.5. The SMILES string of the molecule is CC1(C)OC([C@@H](Cc2ccccc2)NCc2ccccc2)C([C@@H](Cc2ccccc2)NC(=O)C(F)(F)F)O1.[C-]#[N+]c1cc(CN[C@H](Cc2ccccc2)C2OC(C)(C)OC2[C@@H](Cc2ccccc2)NCc2ccccc2)ccc1F. The Hall–Kier alpha value is -7.06. The van der Waals surface area contributed by atoms with Crippen molar-refractivity contribution in [3.63, 3.8) is 0 Å². The third kappa shape index (κ3) is 17.5. The molecule has 10 nitrogen and oxygen atoms in total. The molecule has 4 N–H and O–H groups in total. The van der Waals surface area contributed by atoms with Gasteiger partial charge >= 0.3 is 12.1 Å². The van der Waals surface area contributed by atoms with Gasteiger partial charge in [-0.05, 0) is 104 Å². The molecule has 2 aliphatic heterocycles. The Kier molecular flexibility index (Phi) is 20.6. The number of alkyl halides is 3. The van der Waals surface area contributed by atoms with Crippen molar-refractivity contribution in [1.29, 1.82) is 0 Å². The summed E-state index contributed by atoms with van der Waals surface area (Å²) in [5.41, 5.74) is 7.37. The second-order valence-electron chi connectivity index (χ2n) is 21.3. The van der Waals surface area contributed by atoms with Crippen LogP contribution in [-0.2, 0) is 69.1 Å². The lowest BCUT2D eigenvalue weighted by Crippen LogP contribution is -2.56. The third-order valence-corrected chi connectivity index (χ3v) is 14.2. The summed E-state index contributed by atoms with van der Waals surface area (Å²) in [4.78, 5) is 15.5. The summed E-state index contributed by atoms with van der Waals surface area (Å²) in [6.45, 7) is 16.4. The molecule has 8 atom stereocenters. The van der Waals surface area contributed by atoms with Crippen molar-refractivity contribution in [2.24, 2.45) is 0 Å². The first-order chi connectivity index (χ1) is 38.5. The van der Waals surface area contributed by atoms with Gasteiger partial charge < -0.3 is 40.2 Å². The van der Waals surface area contributed by atoms with Crippen LogP contribution in [0.1, 0.15) is 66.6 Å². The van der Waals surface area contributed by atoms with Gasteiger partial charge in [-0.3, -0.25) is 4.79 Å². The van der Waals surface area contributed by atoms with Crippen molar-refractivity contribution in [3.8, 4) is 0 Å². The summed E-state index contributed by atoms with van der Waals surface area (Å²) >= 11 is 0. The maximum absolute atomic E-state index is 14.0. The predicted octanol–water partition coefficient (Wildman–Crippen LogP) is 12.2. The summed E-state index contributed by atoms with van der Waals surface area (Å²) in [6.07, 6.45) is -4.83. The number of carbonyl (C=O) groups is 1. The Morgan fingerprint density at radius 2 is 0.750 bits per heavy atom. The minimum atomic E-state index is -5.02. The monoisotopic (exact) mass is 1090 g/mol. The number of hydrogen-bond donors (Lipinski definition) is 4. The average Bonchev–Trinajstić information content (AvgIpc) is 3.99. The van der Waals surface area contributed by atoms with E-state index in [1.54, 1.807) is 26.0 Å². The molecule has 2 saturated heterocycles. The molecule has 7 aromatic rings. The molecule has 1 amide bonds. The van der Waals surface area contributed by atoms with Crippen LogP contribution in [0.25, 0.3) is 4.85 Å². The molecule has 80 heavy (non-hydrogen) atoms. The van der Waals surface area contributed by atoms with Crippen molar-refractivity contribution in [3.05, 3.63) is 256 Å². The molecule has 14 heteroatoms. The van der Waals surface area contributed by atoms with Crippen LogP contribution in [0.4, 0.5) is 23.2 Å². The Labute approximate surface area is 468 Å². The largest absolute Gasteiger partial charge is 0.471 e. The maximum atomic E-state index is 14.0. The Morgan fingerprint density at radius 1 is 0.463 bits per heavy atom. The summed E-state index contributed by atoms with van der Waals surface area (Å²) < 4.78 is 80.0. The number of ether oxygens (including phenoxy) is 4. The fourth-order valence-corrected chi connectivity index (χ4v) is 10.5. The standard InChI is InChI=1S/C36H38FN3O2.C30H33F3N2O3/c1-36(2)41-34(32(21-26-13-7-4-8-14-26)39-24-28-17-11-6-12-18-28)35(42-36)33(22-27-15-9-5-10-16-27)40-25-29-19-20-30(37)31(23-29)38-3;1-29(2)37-26(24(18-21-12-6-3-7-13-21)34-20-23-16-10-5-11-17-23)27(38-29)25(35-28(36)30(31,32)33)19-22-14-8-4-9-15-22/h4-20,23,32-35,39-40H,21-22,24-25H2,1-2H3;3-17,24-27,34H,18-20H2,1-2H3,(H,35,36)/t32-,33-,34?,35?;24-,25-,26?,27?/m11/s1. The topological polar surface area (TPSA) is 106 Å². The number of hydrogen-bond acceptors (Lipinski definition) is 8. The summed E-state index contributed by atoms with van der Waals surface area (Å²) in [7, 11) is 0. The Balaban J connectivity index is 0.000000211. The van der Waals surface area contributed by atoms with E-state index in [1.165, 1.54) is 22.8 Å². The van der Waals surface area contributed by atoms with E-state index in [2.05, 4.69) is 86.8 Å². The van der Waals surface area contributed by atoms with Gasteiger partial charge in [-0.1, -0.05) is 188 Å². The zero-order valence-corrected chi connectivity index (χ0v) is 45.6. The van der Waals surface area contributed by atoms with Crippen LogP contribution in [0.2, 0.25) is 0 Å². The van der Waals surface area contributed by atoms with E-state index < -0.39 is 47.7 Å². The van der Waals surface area contributed by atoms with Gasteiger partial charge in [0.25, 0.3) is 0 Å². The van der Waals surface area contributed by atoms with Crippen LogP contribution >= 0.6 is 0 Å². The molecule has 0 aromatic heterocycles. The summed E-state index contributed by atoms with van der Waals surface area (Å²) in [6, 6.07) is 63.2. The lowest BCUT2D eigenvalue weighted by atomic mass is 9.91. The van der Waals surface area contributed by atoms with Crippen LogP contribution in [-0.4, -0.2) is 72.2 Å². The Morgan fingerprint density at radius 3 is 1.06 bits per heavy atom. The Bertz CT molecular complexity index is 3030. The molecular weight excluding hydrogens is 1020 g/mol. The highest BCUT2D eigenvalue weighted by molar-refractivity contribution is 5.82. The highest BCUT2D eigenvalue weighted by Crippen LogP contribution is 2.36. The molecule has 0 bridgehead atoms. The van der Waals surface area contributed by atoms with Crippen LogP contribution in [0.3, 0.4) is 0 Å². The van der Waals surface area contributed by atoms with Gasteiger partial charge in [0.05, 0.1) is 12.6 Å². The molecule has 418 valence electrons. The number of rotatable bonds is 22. The first kappa shape index (κ1) is 59.1. The highest BCUT2D eigenvalue weighted by atomic mass is 19.4. The number of amides is 1. The van der Waals surface area contributed by atoms with Crippen LogP contribution < -0.4 is 21.3 Å². The van der Waals surface area contributed by atoms with E-state index in [1.807, 2.05) is 135 Å². The first-order valence-corrected chi connectivity index (χ1v) is 27.2. The van der Waals surface area contributed by atoms with Crippen molar-refractivity contribution >= 4 is 11.6 Å². The van der Waals surface area contributed by atoms with Crippen LogP contribution in [0, 0.1) is 12.4 Å². The van der Waals surface area contributed by atoms with E-state index in [9.17, 15) is 22.4 Å². The molecule has 0 spiro atoms. The smallest absolute Gasteiger partial charge is 0.343 e. The number of benzene rings is 7. The minimum Gasteiger partial charge on any atom is -0.343 e. The van der Waals surface area contributed by atoms with Gasteiger partial charge in [-0.25, -0.2) is 9.24 Å². The quantitative estimate of drug-likeness (QED) is 0.0393. The fourth-order valence-electron chi connectivity index (χ4n) is 10.5. The third-order valence-electron chi connectivity index (χ3n) is 14.2. The summed E-state index contributed by atoms with van der Waals surface area (Å²) in [5, 5.41) is 13.3. The van der Waals surface area contributed by atoms with E-state index in [-0.39, 0.29) is 42.4 Å². The molecule has 0 aliphatic carbocycles. The van der Waals surface area contributed by atoms with Gasteiger partial charge in [-0.15, -0.1) is 0 Å². The highest BCUT2D eigenvalue weighted by Gasteiger charge is 2.51. The minimum absolute atomic E-state index is 0.0287. The lowest BCUT2D eigenvalue weighted by Gasteiger charge is -2.33. The van der Waals surface area contributed by atoms with Crippen LogP contribution in [0.5, 0.6) is 0 Å². The molecule has 7 aromatic carbocycles. The number of halogens is 4. The second kappa shape index (κ2) is 27.9. The normalized spacial score (nSPS) is 19.8. The van der Waals surface area contributed by atoms with E-state index in [0.29, 0.717) is 26.1 Å². The lowest BCUT2D eigenvalue weighted by molar-refractivity contribution is -0.176. The van der Waals surface area contributed by atoms with Gasteiger partial charge in [0.2, 0.25) is 5.69 Å². The molecule has 2 aliphatic rings. The van der Waals surface area contributed by atoms with Crippen molar-refractivity contribution < 1.29 is 41.3 Å². The van der Waals surface area contributed by atoms with Gasteiger partial charge in [-0.2, -0.15) is 13.2 Å². The number of nitrogens with one attached hydrogen (secondary N) is 4. The van der Waals surface area contributed by atoms with Crippen molar-refractivity contribution in [1.82, 2.24) is 21.3 Å². The molecule has 0 saturated carbocycles.